The van der Waals surface area contributed by atoms with Crippen molar-refractivity contribution in [3.63, 3.8) is 0 Å². The van der Waals surface area contributed by atoms with Gasteiger partial charge in [-0.1, -0.05) is 17.7 Å². The van der Waals surface area contributed by atoms with E-state index in [0.29, 0.717) is 17.1 Å². The molecule has 1 rings (SSSR count). The minimum atomic E-state index is -0.398. The molecule has 0 aliphatic carbocycles. The van der Waals surface area contributed by atoms with E-state index in [1.165, 1.54) is 7.11 Å². The van der Waals surface area contributed by atoms with Crippen molar-refractivity contribution in [1.29, 1.82) is 0 Å². The van der Waals surface area contributed by atoms with Crippen molar-refractivity contribution < 1.29 is 9.53 Å². The quantitative estimate of drug-likeness (QED) is 0.845. The topological polar surface area (TPSA) is 52.3 Å². The van der Waals surface area contributed by atoms with Gasteiger partial charge < -0.3 is 10.5 Å². The summed E-state index contributed by atoms with van der Waals surface area (Å²) in [6.07, 6.45) is 0. The average molecular weight is 281 g/mol. The third-order valence-electron chi connectivity index (χ3n) is 1.69. The highest BCUT2D eigenvalue weighted by Crippen LogP contribution is 2.17. The predicted molar refractivity (Wildman–Crippen MR) is 61.0 cm³/mol. The molecular formula is C9H11BrClNO2. The van der Waals surface area contributed by atoms with Gasteiger partial charge in [0.15, 0.2) is 0 Å². The Kier molecular flexibility index (Phi) is 5.76. The van der Waals surface area contributed by atoms with Gasteiger partial charge in [0, 0.05) is 11.6 Å². The molecule has 0 aromatic heterocycles. The van der Waals surface area contributed by atoms with E-state index >= 15 is 0 Å². The largest absolute Gasteiger partial charge is 0.465 e. The third-order valence-corrected chi connectivity index (χ3v) is 2.05. The second-order valence-electron chi connectivity index (χ2n) is 2.50. The first kappa shape index (κ1) is 13.4. The number of rotatable bonds is 2. The summed E-state index contributed by atoms with van der Waals surface area (Å²) in [5.74, 6) is -0.398. The van der Waals surface area contributed by atoms with Gasteiger partial charge in [0.05, 0.1) is 12.7 Å². The van der Waals surface area contributed by atoms with Crippen LogP contribution < -0.4 is 5.73 Å². The van der Waals surface area contributed by atoms with Crippen LogP contribution in [0.2, 0.25) is 5.02 Å². The van der Waals surface area contributed by atoms with E-state index in [1.807, 2.05) is 0 Å². The number of esters is 1. The Morgan fingerprint density at radius 2 is 2.21 bits per heavy atom. The van der Waals surface area contributed by atoms with Crippen molar-refractivity contribution in [2.24, 2.45) is 5.73 Å². The summed E-state index contributed by atoms with van der Waals surface area (Å²) >= 11 is 5.84. The van der Waals surface area contributed by atoms with Gasteiger partial charge in [-0.25, -0.2) is 4.79 Å². The molecule has 0 aliphatic heterocycles. The van der Waals surface area contributed by atoms with Gasteiger partial charge >= 0.3 is 5.97 Å². The molecule has 0 spiro atoms. The molecule has 0 unspecified atom stereocenters. The first-order valence-electron chi connectivity index (χ1n) is 3.76. The molecule has 1 aromatic carbocycles. The van der Waals surface area contributed by atoms with Gasteiger partial charge in [0.25, 0.3) is 0 Å². The second-order valence-corrected chi connectivity index (χ2v) is 2.91. The van der Waals surface area contributed by atoms with Crippen LogP contribution in [-0.4, -0.2) is 13.1 Å². The Labute approximate surface area is 98.0 Å². The maximum absolute atomic E-state index is 11.1. The molecule has 0 radical (unpaired) electrons. The van der Waals surface area contributed by atoms with Crippen LogP contribution in [0.1, 0.15) is 15.9 Å². The Morgan fingerprint density at radius 1 is 1.57 bits per heavy atom. The van der Waals surface area contributed by atoms with Crippen LogP contribution in [0.25, 0.3) is 0 Å². The van der Waals surface area contributed by atoms with E-state index in [4.69, 9.17) is 17.3 Å². The summed E-state index contributed by atoms with van der Waals surface area (Å²) in [7, 11) is 1.33. The van der Waals surface area contributed by atoms with Crippen LogP contribution in [0.15, 0.2) is 18.2 Å². The van der Waals surface area contributed by atoms with Crippen LogP contribution in [-0.2, 0) is 11.3 Å². The molecule has 5 heteroatoms. The minimum Gasteiger partial charge on any atom is -0.465 e. The number of methoxy groups -OCH3 is 1. The molecule has 0 aliphatic rings. The molecule has 14 heavy (non-hydrogen) atoms. The normalized spacial score (nSPS) is 9.07. The average Bonchev–Trinajstić information content (AvgIpc) is 2.16. The van der Waals surface area contributed by atoms with E-state index < -0.39 is 5.97 Å². The first-order chi connectivity index (χ1) is 6.19. The van der Waals surface area contributed by atoms with E-state index in [0.717, 1.165) is 5.56 Å². The summed E-state index contributed by atoms with van der Waals surface area (Å²) in [4.78, 5) is 11.1. The van der Waals surface area contributed by atoms with Crippen molar-refractivity contribution in [3.05, 3.63) is 34.3 Å². The van der Waals surface area contributed by atoms with Crippen molar-refractivity contribution in [1.82, 2.24) is 0 Å². The highest BCUT2D eigenvalue weighted by molar-refractivity contribution is 8.93. The van der Waals surface area contributed by atoms with Gasteiger partial charge in [-0.15, -0.1) is 17.0 Å². The minimum absolute atomic E-state index is 0. The number of ether oxygens (including phenoxy) is 1. The monoisotopic (exact) mass is 279 g/mol. The molecule has 0 amide bonds. The van der Waals surface area contributed by atoms with Crippen molar-refractivity contribution in [2.45, 2.75) is 6.54 Å². The molecule has 0 fully saturated rings. The van der Waals surface area contributed by atoms with Gasteiger partial charge in [-0.05, 0) is 17.7 Å². The summed E-state index contributed by atoms with van der Waals surface area (Å²) in [6, 6.07) is 4.91. The fourth-order valence-corrected chi connectivity index (χ4v) is 1.22. The smallest absolute Gasteiger partial charge is 0.337 e. The van der Waals surface area contributed by atoms with Gasteiger partial charge in [-0.2, -0.15) is 0 Å². The first-order valence-corrected chi connectivity index (χ1v) is 4.13. The van der Waals surface area contributed by atoms with Crippen LogP contribution in [0, 0.1) is 0 Å². The van der Waals surface area contributed by atoms with E-state index in [1.54, 1.807) is 18.2 Å². The van der Waals surface area contributed by atoms with Crippen molar-refractivity contribution >= 4 is 34.6 Å². The Morgan fingerprint density at radius 3 is 2.64 bits per heavy atom. The maximum Gasteiger partial charge on any atom is 0.337 e. The number of hydrogen-bond donors (Lipinski definition) is 1. The fourth-order valence-electron chi connectivity index (χ4n) is 0.958. The fraction of sp³-hybridized carbons (Fsp3) is 0.222. The number of carbonyl (C=O) groups is 1. The molecule has 2 N–H and O–H groups in total. The van der Waals surface area contributed by atoms with Gasteiger partial charge in [-0.3, -0.25) is 0 Å². The zero-order valence-electron chi connectivity index (χ0n) is 7.62. The molecule has 0 atom stereocenters. The van der Waals surface area contributed by atoms with Crippen molar-refractivity contribution in [2.75, 3.05) is 7.11 Å². The molecule has 0 bridgehead atoms. The number of hydrogen-bond acceptors (Lipinski definition) is 3. The highest BCUT2D eigenvalue weighted by Gasteiger charge is 2.07. The standard InChI is InChI=1S/C9H10ClNO2.BrH/c1-13-9(12)6-2-3-7(5-11)8(10)4-6;/h2-4H,5,11H2,1H3;1H. The lowest BCUT2D eigenvalue weighted by Gasteiger charge is -2.03. The van der Waals surface area contributed by atoms with Crippen LogP contribution in [0.4, 0.5) is 0 Å². The summed E-state index contributed by atoms with van der Waals surface area (Å²) in [6.45, 7) is 0.361. The lowest BCUT2D eigenvalue weighted by molar-refractivity contribution is 0.0600. The maximum atomic E-state index is 11.1. The molecule has 0 heterocycles. The predicted octanol–water partition coefficient (Wildman–Crippen LogP) is 2.16. The van der Waals surface area contributed by atoms with E-state index in [2.05, 4.69) is 4.74 Å². The molecule has 0 saturated carbocycles. The lowest BCUT2D eigenvalue weighted by atomic mass is 10.1. The summed E-state index contributed by atoms with van der Waals surface area (Å²) in [5.41, 5.74) is 6.66. The third kappa shape index (κ3) is 2.97. The number of nitrogens with two attached hydrogens (primary N) is 1. The Balaban J connectivity index is 0.00000169. The van der Waals surface area contributed by atoms with Crippen LogP contribution >= 0.6 is 28.6 Å². The summed E-state index contributed by atoms with van der Waals surface area (Å²) < 4.78 is 4.54. The Bertz CT molecular complexity index is 331. The highest BCUT2D eigenvalue weighted by atomic mass is 79.9. The zero-order valence-corrected chi connectivity index (χ0v) is 10.1. The van der Waals surface area contributed by atoms with Crippen LogP contribution in [0.3, 0.4) is 0 Å². The van der Waals surface area contributed by atoms with E-state index in [9.17, 15) is 4.79 Å². The summed E-state index contributed by atoms with van der Waals surface area (Å²) in [5, 5.41) is 0.491. The number of halogens is 2. The second kappa shape index (κ2) is 6.01. The molecule has 0 saturated heterocycles. The molecular weight excluding hydrogens is 269 g/mol. The molecule has 78 valence electrons. The Hall–Kier alpha value is -0.580. The van der Waals surface area contributed by atoms with Gasteiger partial charge in [0.2, 0.25) is 0 Å². The molecule has 1 aromatic rings. The lowest BCUT2D eigenvalue weighted by Crippen LogP contribution is -2.03. The SMILES string of the molecule is Br.COC(=O)c1ccc(CN)c(Cl)c1. The number of benzene rings is 1. The van der Waals surface area contributed by atoms with Crippen LogP contribution in [0.5, 0.6) is 0 Å². The number of carbonyl (C=O) groups excluding carboxylic acids is 1. The van der Waals surface area contributed by atoms with Gasteiger partial charge in [0.1, 0.15) is 0 Å². The molecule has 3 nitrogen and oxygen atoms in total. The zero-order chi connectivity index (χ0) is 9.84. The van der Waals surface area contributed by atoms with Crippen molar-refractivity contribution in [3.8, 4) is 0 Å². The van der Waals surface area contributed by atoms with E-state index in [-0.39, 0.29) is 17.0 Å².